The summed E-state index contributed by atoms with van der Waals surface area (Å²) in [6.07, 6.45) is 1.96. The number of pyridine rings is 2. The van der Waals surface area contributed by atoms with E-state index >= 15 is 0 Å². The Balaban J connectivity index is 0.000000183. The topological polar surface area (TPSA) is 54.9 Å². The molecule has 5 aromatic rings. The number of rotatable bonds is 4. The Hall–Kier alpha value is -3.92. The van der Waals surface area contributed by atoms with Crippen LogP contribution in [0.3, 0.4) is 0 Å². The van der Waals surface area contributed by atoms with E-state index in [1.54, 1.807) is 12.1 Å². The van der Waals surface area contributed by atoms with Crippen molar-refractivity contribution in [1.29, 1.82) is 0 Å². The van der Waals surface area contributed by atoms with Gasteiger partial charge >= 0.3 is 0 Å². The van der Waals surface area contributed by atoms with Gasteiger partial charge in [0.2, 0.25) is 5.56 Å². The normalized spacial score (nSPS) is 10.7. The molecular weight excluding hydrogens is 408 g/mol. The maximum absolute atomic E-state index is 12.3. The number of nitrogens with one attached hydrogen (secondary N) is 1. The quantitative estimate of drug-likeness (QED) is 0.388. The summed E-state index contributed by atoms with van der Waals surface area (Å²) in [5.41, 5.74) is 5.40. The fourth-order valence-corrected chi connectivity index (χ4v) is 4.20. The Morgan fingerprint density at radius 2 is 1.36 bits per heavy atom. The van der Waals surface area contributed by atoms with Crippen molar-refractivity contribution < 1.29 is 0 Å². The van der Waals surface area contributed by atoms with Gasteiger partial charge in [-0.25, -0.2) is 0 Å². The van der Waals surface area contributed by atoms with E-state index in [2.05, 4.69) is 35.3 Å². The largest absolute Gasteiger partial charge is 0.322 e. The first-order valence-electron chi connectivity index (χ1n) is 11.2. The summed E-state index contributed by atoms with van der Waals surface area (Å²) >= 11 is 0. The summed E-state index contributed by atoms with van der Waals surface area (Å²) in [7, 11) is 0. The molecule has 0 atom stereocenters. The average Bonchev–Trinajstić information content (AvgIpc) is 2.82. The van der Waals surface area contributed by atoms with Gasteiger partial charge in [-0.05, 0) is 55.5 Å². The molecule has 0 fully saturated rings. The second kappa shape index (κ2) is 10.1. The SMILES string of the molecule is Cc1cc(=O)[nH]c2ccccc12.Cc1cc(=O)n(CCCc2ccccc2)c2ccccc12. The summed E-state index contributed by atoms with van der Waals surface area (Å²) in [5.74, 6) is 0. The van der Waals surface area contributed by atoms with Crippen LogP contribution in [-0.2, 0) is 13.0 Å². The molecule has 2 heterocycles. The van der Waals surface area contributed by atoms with Gasteiger partial charge in [0.1, 0.15) is 0 Å². The van der Waals surface area contributed by atoms with Gasteiger partial charge in [-0.3, -0.25) is 9.59 Å². The summed E-state index contributed by atoms with van der Waals surface area (Å²) < 4.78 is 1.89. The third kappa shape index (κ3) is 5.29. The molecule has 0 aliphatic carbocycles. The molecule has 0 saturated carbocycles. The van der Waals surface area contributed by atoms with Gasteiger partial charge in [0, 0.05) is 35.0 Å². The van der Waals surface area contributed by atoms with Crippen LogP contribution in [0.15, 0.2) is 101 Å². The summed E-state index contributed by atoms with van der Waals surface area (Å²) in [5, 5.41) is 2.27. The third-order valence-corrected chi connectivity index (χ3v) is 5.87. The van der Waals surface area contributed by atoms with Crippen molar-refractivity contribution in [3.8, 4) is 0 Å². The molecule has 33 heavy (non-hydrogen) atoms. The summed E-state index contributed by atoms with van der Waals surface area (Å²) in [6.45, 7) is 4.70. The monoisotopic (exact) mass is 436 g/mol. The van der Waals surface area contributed by atoms with Crippen molar-refractivity contribution in [3.05, 3.63) is 128 Å². The number of nitrogens with zero attached hydrogens (tertiary/aromatic N) is 1. The molecule has 0 spiro atoms. The van der Waals surface area contributed by atoms with Crippen LogP contribution in [-0.4, -0.2) is 9.55 Å². The number of para-hydroxylation sites is 2. The van der Waals surface area contributed by atoms with E-state index in [4.69, 9.17) is 0 Å². The highest BCUT2D eigenvalue weighted by atomic mass is 16.1. The van der Waals surface area contributed by atoms with Crippen molar-refractivity contribution in [2.45, 2.75) is 33.2 Å². The highest BCUT2D eigenvalue weighted by Gasteiger charge is 2.05. The first kappa shape index (κ1) is 22.3. The minimum absolute atomic E-state index is 0.0359. The van der Waals surface area contributed by atoms with Gasteiger partial charge < -0.3 is 9.55 Å². The molecule has 0 aliphatic rings. The van der Waals surface area contributed by atoms with E-state index < -0.39 is 0 Å². The molecule has 0 saturated heterocycles. The van der Waals surface area contributed by atoms with E-state index in [9.17, 15) is 9.59 Å². The van der Waals surface area contributed by atoms with Gasteiger partial charge in [0.25, 0.3) is 5.56 Å². The van der Waals surface area contributed by atoms with E-state index in [0.29, 0.717) is 0 Å². The van der Waals surface area contributed by atoms with Gasteiger partial charge in [0.15, 0.2) is 0 Å². The molecule has 0 unspecified atom stereocenters. The summed E-state index contributed by atoms with van der Waals surface area (Å²) in [4.78, 5) is 26.1. The smallest absolute Gasteiger partial charge is 0.251 e. The number of aromatic amines is 1. The van der Waals surface area contributed by atoms with Crippen LogP contribution in [0.1, 0.15) is 23.1 Å². The Morgan fingerprint density at radius 3 is 2.15 bits per heavy atom. The number of aryl methyl sites for hydroxylation is 4. The Bertz CT molecular complexity index is 1500. The van der Waals surface area contributed by atoms with Gasteiger partial charge in [-0.1, -0.05) is 66.7 Å². The lowest BCUT2D eigenvalue weighted by atomic mass is 10.1. The van der Waals surface area contributed by atoms with Crippen LogP contribution in [0.4, 0.5) is 0 Å². The van der Waals surface area contributed by atoms with Crippen molar-refractivity contribution in [2.24, 2.45) is 0 Å². The van der Waals surface area contributed by atoms with Crippen molar-refractivity contribution in [2.75, 3.05) is 0 Å². The van der Waals surface area contributed by atoms with Crippen LogP contribution in [0, 0.1) is 13.8 Å². The zero-order valence-electron chi connectivity index (χ0n) is 19.0. The van der Waals surface area contributed by atoms with Gasteiger partial charge in [0.05, 0.1) is 5.52 Å². The van der Waals surface area contributed by atoms with Crippen LogP contribution in [0.25, 0.3) is 21.8 Å². The number of H-pyrrole nitrogens is 1. The van der Waals surface area contributed by atoms with Crippen molar-refractivity contribution >= 4 is 21.8 Å². The highest BCUT2D eigenvalue weighted by Crippen LogP contribution is 2.16. The number of aromatic nitrogens is 2. The minimum Gasteiger partial charge on any atom is -0.322 e. The number of benzene rings is 3. The minimum atomic E-state index is -0.0359. The van der Waals surface area contributed by atoms with Gasteiger partial charge in [-0.2, -0.15) is 0 Å². The lowest BCUT2D eigenvalue weighted by Gasteiger charge is -2.11. The number of hydrogen-bond donors (Lipinski definition) is 1. The molecule has 4 heteroatoms. The van der Waals surface area contributed by atoms with E-state index in [0.717, 1.165) is 52.3 Å². The molecule has 0 amide bonds. The number of hydrogen-bond acceptors (Lipinski definition) is 2. The first-order valence-corrected chi connectivity index (χ1v) is 11.2. The molecule has 2 aromatic heterocycles. The molecule has 166 valence electrons. The third-order valence-electron chi connectivity index (χ3n) is 5.87. The molecule has 3 aromatic carbocycles. The zero-order valence-corrected chi connectivity index (χ0v) is 19.0. The second-order valence-electron chi connectivity index (χ2n) is 8.29. The fourth-order valence-electron chi connectivity index (χ4n) is 4.20. The Kier molecular flexibility index (Phi) is 6.84. The molecule has 0 bridgehead atoms. The first-order chi connectivity index (χ1) is 16.0. The predicted octanol–water partition coefficient (Wildman–Crippen LogP) is 5.78. The fraction of sp³-hybridized carbons (Fsp3) is 0.172. The average molecular weight is 437 g/mol. The van der Waals surface area contributed by atoms with Gasteiger partial charge in [-0.15, -0.1) is 0 Å². The Labute approximate surface area is 193 Å². The Morgan fingerprint density at radius 1 is 0.727 bits per heavy atom. The molecule has 0 aliphatic heterocycles. The molecular formula is C29H28N2O2. The van der Waals surface area contributed by atoms with E-state index in [1.165, 1.54) is 5.56 Å². The van der Waals surface area contributed by atoms with Crippen LogP contribution in [0.2, 0.25) is 0 Å². The highest BCUT2D eigenvalue weighted by molar-refractivity contribution is 5.82. The lowest BCUT2D eigenvalue weighted by Crippen LogP contribution is -2.20. The summed E-state index contributed by atoms with van der Waals surface area (Å²) in [6, 6.07) is 29.7. The standard InChI is InChI=1S/C19H19NO.C10H9NO/c1-15-14-19(21)20(18-12-6-5-11-17(15)18)13-7-10-16-8-3-2-4-9-16;1-7-6-10(12)11-9-5-3-2-4-8(7)9/h2-6,8-9,11-12,14H,7,10,13H2,1H3;2-6H,1H3,(H,11,12). The van der Waals surface area contributed by atoms with E-state index in [-0.39, 0.29) is 11.1 Å². The maximum Gasteiger partial charge on any atom is 0.251 e. The van der Waals surface area contributed by atoms with Crippen molar-refractivity contribution in [1.82, 2.24) is 9.55 Å². The van der Waals surface area contributed by atoms with Crippen LogP contribution < -0.4 is 11.1 Å². The van der Waals surface area contributed by atoms with Crippen LogP contribution >= 0.6 is 0 Å². The predicted molar refractivity (Wildman–Crippen MR) is 137 cm³/mol. The molecule has 0 radical (unpaired) electrons. The molecule has 1 N–H and O–H groups in total. The second-order valence-corrected chi connectivity index (χ2v) is 8.29. The molecule has 4 nitrogen and oxygen atoms in total. The molecule has 5 rings (SSSR count). The lowest BCUT2D eigenvalue weighted by molar-refractivity contribution is 0.641. The van der Waals surface area contributed by atoms with E-state index in [1.807, 2.05) is 66.9 Å². The number of fused-ring (bicyclic) bond motifs is 2. The van der Waals surface area contributed by atoms with Crippen molar-refractivity contribution in [3.63, 3.8) is 0 Å². The maximum atomic E-state index is 12.3. The zero-order chi connectivity index (χ0) is 23.2. The van der Waals surface area contributed by atoms with Crippen LogP contribution in [0.5, 0.6) is 0 Å².